The fourth-order valence-electron chi connectivity index (χ4n) is 11.5. The molecule has 4 fully saturated rings. The molecule has 4 aliphatic heterocycles. The fraction of sp³-hybridized carbons (Fsp3) is 0.807. The molecule has 22 atom stereocenters. The van der Waals surface area contributed by atoms with Gasteiger partial charge in [-0.15, -0.1) is 0 Å². The number of Topliss-reactive ketones (excluding diaryl/α,β-unsaturated/α-hetero) is 1. The van der Waals surface area contributed by atoms with Crippen LogP contribution in [0.5, 0.6) is 0 Å². The van der Waals surface area contributed by atoms with Crippen LogP contribution in [0.4, 0.5) is 4.79 Å². The quantitative estimate of drug-likeness (QED) is 0.0809. The average Bonchev–Trinajstić information content (AvgIpc) is 3.59. The molecule has 5 rings (SSSR count). The molecule has 4 heterocycles. The number of ketones is 1. The first-order chi connectivity index (χ1) is 36.8. The molecule has 0 radical (unpaired) electrons. The summed E-state index contributed by atoms with van der Waals surface area (Å²) in [5.74, 6) is -7.37. The smallest absolute Gasteiger partial charge is 0.408 e. The van der Waals surface area contributed by atoms with Crippen LogP contribution in [0.2, 0.25) is 0 Å². The predicted octanol–water partition coefficient (Wildman–Crippen LogP) is 5.86. The molecule has 1 amide bonds. The summed E-state index contributed by atoms with van der Waals surface area (Å²) in [7, 11) is 4.29. The minimum atomic E-state index is -1.95. The van der Waals surface area contributed by atoms with E-state index in [0.717, 1.165) is 5.56 Å². The lowest BCUT2D eigenvalue weighted by atomic mass is 9.74. The van der Waals surface area contributed by atoms with Gasteiger partial charge in [0.1, 0.15) is 43.7 Å². The minimum Gasteiger partial charge on any atom is -0.461 e. The van der Waals surface area contributed by atoms with Crippen molar-refractivity contribution in [1.29, 1.82) is 0 Å². The number of carbonyl (C=O) groups is 4. The van der Waals surface area contributed by atoms with Crippen molar-refractivity contribution in [3.8, 4) is 0 Å². The van der Waals surface area contributed by atoms with Crippen molar-refractivity contribution in [2.75, 3.05) is 34.5 Å². The number of oxime groups is 1. The first-order valence-corrected chi connectivity index (χ1v) is 27.9. The van der Waals surface area contributed by atoms with Crippen LogP contribution in [0.3, 0.4) is 0 Å². The van der Waals surface area contributed by atoms with E-state index in [4.69, 9.17) is 56.9 Å². The number of hydrogen-bond donors (Lipinski definition) is 4. The van der Waals surface area contributed by atoms with Crippen LogP contribution in [-0.2, 0) is 77.9 Å². The number of ether oxygens (including phenoxy) is 11. The first kappa shape index (κ1) is 64.9. The molecule has 1 unspecified atom stereocenters. The second-order valence-corrected chi connectivity index (χ2v) is 23.0. The molecule has 0 saturated carbocycles. The van der Waals surface area contributed by atoms with Gasteiger partial charge in [-0.05, 0) is 65.4 Å². The lowest BCUT2D eigenvalue weighted by Crippen LogP contribution is -2.59. The van der Waals surface area contributed by atoms with Gasteiger partial charge in [-0.25, -0.2) is 4.79 Å². The summed E-state index contributed by atoms with van der Waals surface area (Å²) >= 11 is 0. The van der Waals surface area contributed by atoms with Crippen molar-refractivity contribution in [1.82, 2.24) is 10.6 Å². The Morgan fingerprint density at radius 3 is 2.14 bits per heavy atom. The fourth-order valence-corrected chi connectivity index (χ4v) is 11.5. The van der Waals surface area contributed by atoms with E-state index < -0.39 is 145 Å². The maximum Gasteiger partial charge on any atom is 0.408 e. The molecular weight excluding hydrogens is 1010 g/mol. The molecule has 4 aliphatic rings. The Bertz CT molecular complexity index is 2070. The van der Waals surface area contributed by atoms with E-state index in [1.54, 1.807) is 34.6 Å². The number of methoxy groups -OCH3 is 2. The molecular formula is C57H93N3O18. The van der Waals surface area contributed by atoms with Crippen LogP contribution in [-0.4, -0.2) is 172 Å². The molecule has 1 aromatic carbocycles. The van der Waals surface area contributed by atoms with Crippen LogP contribution in [0.1, 0.15) is 121 Å². The Kier molecular flexibility index (Phi) is 24.8. The number of rotatable bonds is 17. The van der Waals surface area contributed by atoms with E-state index in [-0.39, 0.29) is 56.2 Å². The molecule has 4 N–H and O–H groups in total. The van der Waals surface area contributed by atoms with Crippen LogP contribution in [0, 0.1) is 41.4 Å². The summed E-state index contributed by atoms with van der Waals surface area (Å²) in [4.78, 5) is 64.4. The summed E-state index contributed by atoms with van der Waals surface area (Å²) in [6, 6.07) is 9.19. The van der Waals surface area contributed by atoms with Crippen LogP contribution >= 0.6 is 0 Å². The first-order valence-electron chi connectivity index (χ1n) is 27.9. The largest absolute Gasteiger partial charge is 0.461 e. The standard InChI is InChI=1S/C57H93N3O18/c1-29(2)22-42(61)74-48-36(9)47(31(4)28-70-55-51(68-15)50(67-14)44(62)39(12)73-55)76-53(65)38(11)49(75-43-23-32(5)58-26-34(7)71-43)35(8)46(77-54-45(63)41(60-69-16)24-33(6)72-54)30(3)25-57(13,52(64)37(48)10)78-56(66)59-27-40-20-18-17-19-21-40/h17-21,29-39,43-51,54-55,58,62-63H,22-28H2,1-16H3,(H,59,66)/t30-,31?,32-,33+,34-,35+,36-,37+,38+,39+,43-,44+,45+,46-,47+,48+,49-,50+,51+,54-,55+,57-/m0/s1. The van der Waals surface area contributed by atoms with Crippen LogP contribution in [0.25, 0.3) is 0 Å². The Morgan fingerprint density at radius 2 is 1.50 bits per heavy atom. The second kappa shape index (κ2) is 29.7. The van der Waals surface area contributed by atoms with Crippen molar-refractivity contribution < 1.29 is 86.3 Å². The normalized spacial score (nSPS) is 39.6. The highest BCUT2D eigenvalue weighted by Gasteiger charge is 2.52. The van der Waals surface area contributed by atoms with Gasteiger partial charge in [0, 0.05) is 70.4 Å². The highest BCUT2D eigenvalue weighted by molar-refractivity contribution is 5.91. The van der Waals surface area contributed by atoms with E-state index in [2.05, 4.69) is 15.8 Å². The molecule has 4 saturated heterocycles. The zero-order valence-corrected chi connectivity index (χ0v) is 48.9. The maximum absolute atomic E-state index is 15.8. The van der Waals surface area contributed by atoms with Gasteiger partial charge in [-0.3, -0.25) is 14.4 Å². The van der Waals surface area contributed by atoms with Gasteiger partial charge in [-0.1, -0.05) is 84.0 Å². The summed E-state index contributed by atoms with van der Waals surface area (Å²) in [5.41, 5.74) is -0.874. The third kappa shape index (κ3) is 17.1. The number of nitrogens with zero attached hydrogens (tertiary/aromatic N) is 1. The van der Waals surface area contributed by atoms with Crippen molar-refractivity contribution >= 4 is 29.5 Å². The van der Waals surface area contributed by atoms with Gasteiger partial charge < -0.3 is 77.8 Å². The van der Waals surface area contributed by atoms with Gasteiger partial charge in [-0.2, -0.15) is 0 Å². The summed E-state index contributed by atoms with van der Waals surface area (Å²) in [6.45, 7) is 23.8. The summed E-state index contributed by atoms with van der Waals surface area (Å²) < 4.78 is 70.1. The van der Waals surface area contributed by atoms with E-state index in [9.17, 15) is 19.8 Å². The number of aliphatic hydroxyl groups excluding tert-OH is 2. The van der Waals surface area contributed by atoms with E-state index in [0.29, 0.717) is 13.0 Å². The summed E-state index contributed by atoms with van der Waals surface area (Å²) in [6.07, 6.45) is -13.5. The van der Waals surface area contributed by atoms with E-state index >= 15 is 9.59 Å². The number of carbonyl (C=O) groups excluding carboxylic acids is 4. The number of alkyl carbamates (subject to hydrolysis) is 1. The Hall–Kier alpha value is -3.87. The maximum atomic E-state index is 15.8. The monoisotopic (exact) mass is 1110 g/mol. The highest BCUT2D eigenvalue weighted by Crippen LogP contribution is 2.40. The SMILES string of the molecule is CON=C1C[C@@H](C)O[C@@H](O[C@@H]2[C@@H](C)[C@H](O[C@H]3C[C@H](C)NC[C@H](C)O3)[C@@H](C)C(=O)O[C@H](C(C)CO[C@@H]3O[C@H](C)[C@@H](O)[C@@H](OC)[C@H]3OC)[C@H](C)[C@@H](OC(=O)CC(C)C)[C@@H](C)C(=O)[C@@](C)(OC(=O)NCc3ccccc3)C[C@@H]2C)[C@@H]1O. The zero-order chi connectivity index (χ0) is 57.8. The number of amides is 1. The molecule has 0 aromatic heterocycles. The number of esters is 2. The molecule has 21 nitrogen and oxygen atoms in total. The Balaban J connectivity index is 1.69. The van der Waals surface area contributed by atoms with Gasteiger partial charge in [0.25, 0.3) is 0 Å². The molecule has 78 heavy (non-hydrogen) atoms. The van der Waals surface area contributed by atoms with E-state index in [1.807, 2.05) is 78.8 Å². The Labute approximate surface area is 462 Å². The van der Waals surface area contributed by atoms with Gasteiger partial charge in [0.05, 0.1) is 54.7 Å². The summed E-state index contributed by atoms with van der Waals surface area (Å²) in [5, 5.41) is 33.1. The third-order valence-corrected chi connectivity index (χ3v) is 15.7. The van der Waals surface area contributed by atoms with Gasteiger partial charge in [0.2, 0.25) is 0 Å². The van der Waals surface area contributed by atoms with E-state index in [1.165, 1.54) is 28.3 Å². The number of aliphatic hydroxyl groups is 2. The van der Waals surface area contributed by atoms with Crippen molar-refractivity contribution in [2.45, 2.75) is 220 Å². The number of nitrogens with one attached hydrogen (secondary N) is 2. The second-order valence-electron chi connectivity index (χ2n) is 23.0. The lowest BCUT2D eigenvalue weighted by molar-refractivity contribution is -0.305. The van der Waals surface area contributed by atoms with Crippen LogP contribution < -0.4 is 10.6 Å². The van der Waals surface area contributed by atoms with Crippen LogP contribution in [0.15, 0.2) is 35.5 Å². The average molecular weight is 1110 g/mol. The number of cyclic esters (lactones) is 1. The van der Waals surface area contributed by atoms with Gasteiger partial charge in [0.15, 0.2) is 30.3 Å². The van der Waals surface area contributed by atoms with Gasteiger partial charge >= 0.3 is 18.0 Å². The zero-order valence-electron chi connectivity index (χ0n) is 48.9. The minimum absolute atomic E-state index is 0.00946. The van der Waals surface area contributed by atoms with Crippen molar-refractivity contribution in [2.24, 2.45) is 46.6 Å². The molecule has 1 aromatic rings. The number of benzene rings is 1. The number of hydrogen-bond acceptors (Lipinski definition) is 20. The van der Waals surface area contributed by atoms with Crippen molar-refractivity contribution in [3.63, 3.8) is 0 Å². The molecule has 0 spiro atoms. The molecule has 0 aliphatic carbocycles. The predicted molar refractivity (Wildman–Crippen MR) is 285 cm³/mol. The Morgan fingerprint density at radius 1 is 0.821 bits per heavy atom. The molecule has 21 heteroatoms. The molecule has 444 valence electrons. The highest BCUT2D eigenvalue weighted by atomic mass is 16.7. The molecule has 0 bridgehead atoms. The third-order valence-electron chi connectivity index (χ3n) is 15.7. The lowest BCUT2D eigenvalue weighted by Gasteiger charge is -2.45. The topological polar surface area (TPSA) is 256 Å². The van der Waals surface area contributed by atoms with Crippen molar-refractivity contribution in [3.05, 3.63) is 35.9 Å².